The van der Waals surface area contributed by atoms with Gasteiger partial charge in [0.2, 0.25) is 0 Å². The minimum absolute atomic E-state index is 1.12. The molecule has 0 aliphatic heterocycles. The molecule has 0 unspecified atom stereocenters. The van der Waals surface area contributed by atoms with Crippen molar-refractivity contribution in [2.45, 2.75) is 6.92 Å². The number of benzene rings is 1. The molecular formula is C11H14S. The van der Waals surface area contributed by atoms with Crippen molar-refractivity contribution in [3.8, 4) is 0 Å². The van der Waals surface area contributed by atoms with Crippen LogP contribution in [-0.2, 0) is 0 Å². The third-order valence-electron chi connectivity index (χ3n) is 1.53. The molecule has 1 aromatic carbocycles. The fourth-order valence-corrected chi connectivity index (χ4v) is 1.40. The van der Waals surface area contributed by atoms with Crippen LogP contribution in [0.1, 0.15) is 12.5 Å². The number of hydrogen-bond donors (Lipinski definition) is 0. The van der Waals surface area contributed by atoms with Gasteiger partial charge in [-0.15, -0.1) is 0 Å². The van der Waals surface area contributed by atoms with E-state index in [1.54, 1.807) is 0 Å². The van der Waals surface area contributed by atoms with E-state index in [2.05, 4.69) is 43.3 Å². The Morgan fingerprint density at radius 1 is 1.25 bits per heavy atom. The summed E-state index contributed by atoms with van der Waals surface area (Å²) in [6.45, 7) is 2.18. The molecule has 1 heteroatoms. The van der Waals surface area contributed by atoms with Crippen LogP contribution in [0.2, 0.25) is 0 Å². The number of hydrogen-bond acceptors (Lipinski definition) is 1. The van der Waals surface area contributed by atoms with Gasteiger partial charge in [-0.3, -0.25) is 0 Å². The molecule has 0 spiro atoms. The summed E-state index contributed by atoms with van der Waals surface area (Å²) in [5.74, 6) is 2.31. The summed E-state index contributed by atoms with van der Waals surface area (Å²) in [6.07, 6.45) is 4.38. The third kappa shape index (κ3) is 3.63. The lowest BCUT2D eigenvalue weighted by atomic mass is 10.2. The molecule has 12 heavy (non-hydrogen) atoms. The van der Waals surface area contributed by atoms with Gasteiger partial charge in [0.1, 0.15) is 0 Å². The second-order valence-electron chi connectivity index (χ2n) is 2.47. The molecule has 0 nitrogen and oxygen atoms in total. The van der Waals surface area contributed by atoms with Gasteiger partial charge in [-0.2, -0.15) is 11.8 Å². The van der Waals surface area contributed by atoms with Crippen LogP contribution in [0.5, 0.6) is 0 Å². The van der Waals surface area contributed by atoms with Gasteiger partial charge in [-0.1, -0.05) is 49.4 Å². The molecule has 0 bridgehead atoms. The highest BCUT2D eigenvalue weighted by Gasteiger charge is 1.81. The summed E-state index contributed by atoms with van der Waals surface area (Å²) < 4.78 is 0. The van der Waals surface area contributed by atoms with Gasteiger partial charge in [0.05, 0.1) is 0 Å². The molecule has 0 radical (unpaired) electrons. The van der Waals surface area contributed by atoms with Crippen molar-refractivity contribution >= 4 is 17.8 Å². The second kappa shape index (κ2) is 5.90. The zero-order valence-electron chi connectivity index (χ0n) is 7.36. The lowest BCUT2D eigenvalue weighted by molar-refractivity contribution is 1.52. The van der Waals surface area contributed by atoms with Crippen molar-refractivity contribution in [2.24, 2.45) is 0 Å². The Labute approximate surface area is 78.7 Å². The van der Waals surface area contributed by atoms with Gasteiger partial charge < -0.3 is 0 Å². The van der Waals surface area contributed by atoms with Gasteiger partial charge in [-0.05, 0) is 11.3 Å². The maximum atomic E-state index is 2.21. The van der Waals surface area contributed by atoms with Crippen LogP contribution in [0.4, 0.5) is 0 Å². The molecule has 0 fully saturated rings. The van der Waals surface area contributed by atoms with Gasteiger partial charge in [-0.25, -0.2) is 0 Å². The topological polar surface area (TPSA) is 0 Å². The van der Waals surface area contributed by atoms with Crippen LogP contribution in [0, 0.1) is 0 Å². The molecule has 0 heterocycles. The first-order valence-electron chi connectivity index (χ1n) is 4.23. The number of thioether (sulfide) groups is 1. The Morgan fingerprint density at radius 2 is 2.00 bits per heavy atom. The molecule has 1 rings (SSSR count). The average molecular weight is 178 g/mol. The van der Waals surface area contributed by atoms with Gasteiger partial charge in [0, 0.05) is 5.75 Å². The highest BCUT2D eigenvalue weighted by molar-refractivity contribution is 7.99. The Kier molecular flexibility index (Phi) is 4.62. The maximum absolute atomic E-state index is 2.21. The molecule has 0 atom stereocenters. The van der Waals surface area contributed by atoms with E-state index in [9.17, 15) is 0 Å². The molecule has 0 aliphatic carbocycles. The molecule has 0 N–H and O–H groups in total. The molecule has 1 aromatic rings. The largest absolute Gasteiger partial charge is 0.158 e. The molecule has 0 aliphatic rings. The fraction of sp³-hybridized carbons (Fsp3) is 0.273. The first-order valence-corrected chi connectivity index (χ1v) is 5.38. The summed E-state index contributed by atoms with van der Waals surface area (Å²) in [4.78, 5) is 0. The Balaban J connectivity index is 2.36. The summed E-state index contributed by atoms with van der Waals surface area (Å²) in [7, 11) is 0. The average Bonchev–Trinajstić information content (AvgIpc) is 2.14. The van der Waals surface area contributed by atoms with Crippen LogP contribution in [0.25, 0.3) is 6.08 Å². The lowest BCUT2D eigenvalue weighted by Gasteiger charge is -1.91. The summed E-state index contributed by atoms with van der Waals surface area (Å²) in [6, 6.07) is 10.4. The van der Waals surface area contributed by atoms with E-state index in [4.69, 9.17) is 0 Å². The van der Waals surface area contributed by atoms with Gasteiger partial charge >= 0.3 is 0 Å². The van der Waals surface area contributed by atoms with Crippen LogP contribution in [0.3, 0.4) is 0 Å². The summed E-state index contributed by atoms with van der Waals surface area (Å²) >= 11 is 1.94. The monoisotopic (exact) mass is 178 g/mol. The third-order valence-corrected chi connectivity index (χ3v) is 2.36. The number of rotatable bonds is 4. The van der Waals surface area contributed by atoms with E-state index in [-0.39, 0.29) is 0 Å². The Bertz CT molecular complexity index is 226. The quantitative estimate of drug-likeness (QED) is 0.636. The van der Waals surface area contributed by atoms with Gasteiger partial charge in [0.25, 0.3) is 0 Å². The van der Waals surface area contributed by atoms with Crippen LogP contribution >= 0.6 is 11.8 Å². The van der Waals surface area contributed by atoms with Gasteiger partial charge in [0.15, 0.2) is 0 Å². The zero-order valence-corrected chi connectivity index (χ0v) is 8.18. The predicted molar refractivity (Wildman–Crippen MR) is 58.5 cm³/mol. The van der Waals surface area contributed by atoms with Crippen molar-refractivity contribution in [2.75, 3.05) is 11.5 Å². The van der Waals surface area contributed by atoms with Crippen molar-refractivity contribution in [3.05, 3.63) is 42.0 Å². The molecule has 0 aromatic heterocycles. The SMILES string of the molecule is CCSC/C=C/c1ccccc1. The summed E-state index contributed by atoms with van der Waals surface area (Å²) in [5, 5.41) is 0. The Hall–Kier alpha value is -0.690. The van der Waals surface area contributed by atoms with Crippen LogP contribution < -0.4 is 0 Å². The molecule has 0 saturated carbocycles. The van der Waals surface area contributed by atoms with Crippen LogP contribution in [0.15, 0.2) is 36.4 Å². The Morgan fingerprint density at radius 3 is 2.67 bits per heavy atom. The minimum Gasteiger partial charge on any atom is -0.158 e. The normalized spacial score (nSPS) is 10.8. The fourth-order valence-electron chi connectivity index (χ4n) is 0.934. The highest BCUT2D eigenvalue weighted by Crippen LogP contribution is 2.03. The summed E-state index contributed by atoms with van der Waals surface area (Å²) in [5.41, 5.74) is 1.29. The maximum Gasteiger partial charge on any atom is 0.0116 e. The molecule has 64 valence electrons. The first kappa shape index (κ1) is 9.40. The van der Waals surface area contributed by atoms with Crippen molar-refractivity contribution < 1.29 is 0 Å². The van der Waals surface area contributed by atoms with E-state index < -0.39 is 0 Å². The highest BCUT2D eigenvalue weighted by atomic mass is 32.2. The van der Waals surface area contributed by atoms with Crippen molar-refractivity contribution in [1.29, 1.82) is 0 Å². The smallest absolute Gasteiger partial charge is 0.0116 e. The van der Waals surface area contributed by atoms with E-state index in [0.29, 0.717) is 0 Å². The van der Waals surface area contributed by atoms with E-state index in [1.165, 1.54) is 11.3 Å². The van der Waals surface area contributed by atoms with E-state index in [1.807, 2.05) is 17.8 Å². The van der Waals surface area contributed by atoms with Crippen molar-refractivity contribution in [1.82, 2.24) is 0 Å². The first-order chi connectivity index (χ1) is 5.93. The molecule has 0 saturated heterocycles. The van der Waals surface area contributed by atoms with Crippen molar-refractivity contribution in [3.63, 3.8) is 0 Å². The standard InChI is InChI=1S/C11H14S/c1-2-12-10-6-9-11-7-4-3-5-8-11/h3-9H,2,10H2,1H3/b9-6+. The minimum atomic E-state index is 1.12. The van der Waals surface area contributed by atoms with E-state index >= 15 is 0 Å². The predicted octanol–water partition coefficient (Wildman–Crippen LogP) is 3.45. The van der Waals surface area contributed by atoms with Crippen LogP contribution in [-0.4, -0.2) is 11.5 Å². The second-order valence-corrected chi connectivity index (χ2v) is 3.79. The zero-order chi connectivity index (χ0) is 8.65. The lowest BCUT2D eigenvalue weighted by Crippen LogP contribution is -1.73. The molecular weight excluding hydrogens is 164 g/mol. The molecule has 0 amide bonds. The van der Waals surface area contributed by atoms with E-state index in [0.717, 1.165) is 5.75 Å².